The maximum Gasteiger partial charge on any atom is 0.247 e. The van der Waals surface area contributed by atoms with Gasteiger partial charge in [-0.2, -0.15) is 4.98 Å². The SMILES string of the molecule is CCC=C(C)C(=O)NC1(c2noc(C)n2)CCCC1. The molecular weight excluding hydrogens is 242 g/mol. The van der Waals surface area contributed by atoms with Crippen molar-refractivity contribution >= 4 is 5.91 Å². The molecule has 1 amide bonds. The Balaban J connectivity index is 2.21. The van der Waals surface area contributed by atoms with Gasteiger partial charge < -0.3 is 9.84 Å². The topological polar surface area (TPSA) is 68.0 Å². The molecule has 1 heterocycles. The third-order valence-corrected chi connectivity index (χ3v) is 3.63. The van der Waals surface area contributed by atoms with Gasteiger partial charge in [0.1, 0.15) is 5.54 Å². The standard InChI is InChI=1S/C14H21N3O2/c1-4-7-10(2)12(18)16-14(8-5-6-9-14)13-15-11(3)19-17-13/h7H,4-6,8-9H2,1-3H3,(H,16,18). The average molecular weight is 263 g/mol. The van der Waals surface area contributed by atoms with Crippen molar-refractivity contribution in [3.05, 3.63) is 23.4 Å². The van der Waals surface area contributed by atoms with Crippen molar-refractivity contribution in [1.29, 1.82) is 0 Å². The monoisotopic (exact) mass is 263 g/mol. The quantitative estimate of drug-likeness (QED) is 0.848. The summed E-state index contributed by atoms with van der Waals surface area (Å²) < 4.78 is 5.06. The molecule has 5 nitrogen and oxygen atoms in total. The highest BCUT2D eigenvalue weighted by Crippen LogP contribution is 2.37. The van der Waals surface area contributed by atoms with Crippen molar-refractivity contribution in [3.8, 4) is 0 Å². The van der Waals surface area contributed by atoms with Crippen molar-refractivity contribution < 1.29 is 9.32 Å². The molecule has 0 atom stereocenters. The van der Waals surface area contributed by atoms with Gasteiger partial charge in [0.2, 0.25) is 11.8 Å². The predicted octanol–water partition coefficient (Wildman–Crippen LogP) is 2.62. The average Bonchev–Trinajstić information content (AvgIpc) is 2.99. The molecule has 19 heavy (non-hydrogen) atoms. The Morgan fingerprint density at radius 2 is 2.16 bits per heavy atom. The summed E-state index contributed by atoms with van der Waals surface area (Å²) in [6.45, 7) is 5.62. The zero-order valence-electron chi connectivity index (χ0n) is 11.8. The Morgan fingerprint density at radius 1 is 1.47 bits per heavy atom. The van der Waals surface area contributed by atoms with Crippen LogP contribution in [0.5, 0.6) is 0 Å². The van der Waals surface area contributed by atoms with Crippen molar-refractivity contribution in [2.45, 2.75) is 58.4 Å². The number of hydrogen-bond donors (Lipinski definition) is 1. The molecule has 0 spiro atoms. The minimum atomic E-state index is -0.447. The van der Waals surface area contributed by atoms with E-state index >= 15 is 0 Å². The number of aryl methyl sites for hydroxylation is 1. The van der Waals surface area contributed by atoms with Crippen LogP contribution in [0.2, 0.25) is 0 Å². The van der Waals surface area contributed by atoms with Crippen LogP contribution in [-0.2, 0) is 10.3 Å². The molecule has 1 aromatic heterocycles. The first kappa shape index (κ1) is 13.8. The van der Waals surface area contributed by atoms with Crippen molar-refractivity contribution in [2.75, 3.05) is 0 Å². The van der Waals surface area contributed by atoms with Crippen LogP contribution in [0.15, 0.2) is 16.2 Å². The lowest BCUT2D eigenvalue weighted by molar-refractivity contribution is -0.119. The van der Waals surface area contributed by atoms with Crippen LogP contribution in [0.3, 0.4) is 0 Å². The van der Waals surface area contributed by atoms with E-state index in [0.717, 1.165) is 37.7 Å². The van der Waals surface area contributed by atoms with Crippen molar-refractivity contribution in [3.63, 3.8) is 0 Å². The molecule has 1 N–H and O–H groups in total. The predicted molar refractivity (Wildman–Crippen MR) is 71.4 cm³/mol. The largest absolute Gasteiger partial charge is 0.340 e. The van der Waals surface area contributed by atoms with E-state index in [1.165, 1.54) is 0 Å². The first-order valence-corrected chi connectivity index (χ1v) is 6.87. The molecule has 0 radical (unpaired) electrons. The van der Waals surface area contributed by atoms with Crippen LogP contribution >= 0.6 is 0 Å². The number of amides is 1. The summed E-state index contributed by atoms with van der Waals surface area (Å²) in [5.74, 6) is 1.11. The summed E-state index contributed by atoms with van der Waals surface area (Å²) in [6.07, 6.45) is 6.68. The summed E-state index contributed by atoms with van der Waals surface area (Å²) in [5.41, 5.74) is 0.298. The van der Waals surface area contributed by atoms with Gasteiger partial charge in [0, 0.05) is 12.5 Å². The minimum Gasteiger partial charge on any atom is -0.340 e. The van der Waals surface area contributed by atoms with Gasteiger partial charge in [-0.3, -0.25) is 4.79 Å². The van der Waals surface area contributed by atoms with Gasteiger partial charge >= 0.3 is 0 Å². The second kappa shape index (κ2) is 5.55. The molecule has 1 aliphatic rings. The summed E-state index contributed by atoms with van der Waals surface area (Å²) in [6, 6.07) is 0. The highest BCUT2D eigenvalue weighted by molar-refractivity contribution is 5.93. The highest BCUT2D eigenvalue weighted by atomic mass is 16.5. The molecule has 104 valence electrons. The van der Waals surface area contributed by atoms with Crippen LogP contribution in [0.25, 0.3) is 0 Å². The Labute approximate surface area is 113 Å². The summed E-state index contributed by atoms with van der Waals surface area (Å²) >= 11 is 0. The number of carbonyl (C=O) groups excluding carboxylic acids is 1. The fraction of sp³-hybridized carbons (Fsp3) is 0.643. The van der Waals surface area contributed by atoms with Crippen LogP contribution in [0.4, 0.5) is 0 Å². The lowest BCUT2D eigenvalue weighted by atomic mass is 9.96. The number of aromatic nitrogens is 2. The van der Waals surface area contributed by atoms with Gasteiger partial charge in [0.25, 0.3) is 0 Å². The van der Waals surface area contributed by atoms with Gasteiger partial charge in [-0.1, -0.05) is 31.0 Å². The third kappa shape index (κ3) is 2.85. The fourth-order valence-corrected chi connectivity index (χ4v) is 2.59. The fourth-order valence-electron chi connectivity index (χ4n) is 2.59. The molecule has 0 aliphatic heterocycles. The Kier molecular flexibility index (Phi) is 4.02. The lowest BCUT2D eigenvalue weighted by Gasteiger charge is -2.26. The van der Waals surface area contributed by atoms with E-state index in [2.05, 4.69) is 15.5 Å². The minimum absolute atomic E-state index is 0.0359. The van der Waals surface area contributed by atoms with Crippen LogP contribution < -0.4 is 5.32 Å². The highest BCUT2D eigenvalue weighted by Gasteiger charge is 2.41. The van der Waals surface area contributed by atoms with E-state index in [0.29, 0.717) is 11.7 Å². The van der Waals surface area contributed by atoms with Crippen LogP contribution in [-0.4, -0.2) is 16.0 Å². The van der Waals surface area contributed by atoms with Crippen molar-refractivity contribution in [1.82, 2.24) is 15.5 Å². The summed E-state index contributed by atoms with van der Waals surface area (Å²) in [7, 11) is 0. The number of nitrogens with zero attached hydrogens (tertiary/aromatic N) is 2. The maximum atomic E-state index is 12.2. The number of carbonyl (C=O) groups is 1. The van der Waals surface area contributed by atoms with E-state index in [-0.39, 0.29) is 5.91 Å². The van der Waals surface area contributed by atoms with E-state index in [9.17, 15) is 4.79 Å². The van der Waals surface area contributed by atoms with Gasteiger partial charge in [-0.15, -0.1) is 0 Å². The normalized spacial score (nSPS) is 18.6. The van der Waals surface area contributed by atoms with Crippen LogP contribution in [0, 0.1) is 6.92 Å². The van der Waals surface area contributed by atoms with E-state index in [1.807, 2.05) is 19.9 Å². The van der Waals surface area contributed by atoms with Gasteiger partial charge in [-0.05, 0) is 26.2 Å². The summed E-state index contributed by atoms with van der Waals surface area (Å²) in [4.78, 5) is 16.5. The lowest BCUT2D eigenvalue weighted by Crippen LogP contribution is -2.45. The number of allylic oxidation sites excluding steroid dienone is 1. The number of rotatable bonds is 4. The second-order valence-corrected chi connectivity index (χ2v) is 5.18. The van der Waals surface area contributed by atoms with Crippen LogP contribution in [0.1, 0.15) is 57.7 Å². The van der Waals surface area contributed by atoms with Gasteiger partial charge in [0.15, 0.2) is 5.82 Å². The van der Waals surface area contributed by atoms with E-state index in [4.69, 9.17) is 4.52 Å². The second-order valence-electron chi connectivity index (χ2n) is 5.18. The molecule has 0 bridgehead atoms. The molecule has 5 heteroatoms. The molecule has 0 saturated heterocycles. The number of hydrogen-bond acceptors (Lipinski definition) is 4. The Hall–Kier alpha value is -1.65. The molecule has 1 aromatic rings. The summed E-state index contributed by atoms with van der Waals surface area (Å²) in [5, 5.41) is 7.12. The number of nitrogens with one attached hydrogen (secondary N) is 1. The molecule has 0 aromatic carbocycles. The maximum absolute atomic E-state index is 12.2. The Bertz CT molecular complexity index is 485. The molecular formula is C14H21N3O2. The zero-order valence-corrected chi connectivity index (χ0v) is 11.8. The van der Waals surface area contributed by atoms with Gasteiger partial charge in [-0.25, -0.2) is 0 Å². The molecule has 1 fully saturated rings. The smallest absolute Gasteiger partial charge is 0.247 e. The zero-order chi connectivity index (χ0) is 13.9. The first-order valence-electron chi connectivity index (χ1n) is 6.87. The first-order chi connectivity index (χ1) is 9.07. The molecule has 1 aliphatic carbocycles. The molecule has 0 unspecified atom stereocenters. The molecule has 2 rings (SSSR count). The van der Waals surface area contributed by atoms with Crippen molar-refractivity contribution in [2.24, 2.45) is 0 Å². The Morgan fingerprint density at radius 3 is 2.68 bits per heavy atom. The third-order valence-electron chi connectivity index (χ3n) is 3.63. The van der Waals surface area contributed by atoms with Gasteiger partial charge in [0.05, 0.1) is 0 Å². The van der Waals surface area contributed by atoms with E-state index in [1.54, 1.807) is 6.92 Å². The molecule has 1 saturated carbocycles. The van der Waals surface area contributed by atoms with E-state index < -0.39 is 5.54 Å².